The first-order valence-corrected chi connectivity index (χ1v) is 8.56. The van der Waals surface area contributed by atoms with Gasteiger partial charge in [0.15, 0.2) is 0 Å². The molecule has 0 fully saturated rings. The molecule has 0 aliphatic heterocycles. The van der Waals surface area contributed by atoms with E-state index in [2.05, 4.69) is 57.8 Å². The molecular formula is C12H5Br3N2O2S. The van der Waals surface area contributed by atoms with Crippen LogP contribution in [-0.4, -0.2) is 15.8 Å². The van der Waals surface area contributed by atoms with Crippen LogP contribution in [0.25, 0.3) is 11.0 Å². The summed E-state index contributed by atoms with van der Waals surface area (Å²) in [4.78, 5) is 29.7. The average molecular weight is 481 g/mol. The molecule has 0 radical (unpaired) electrons. The second kappa shape index (κ2) is 5.25. The molecule has 2 heterocycles. The number of fused-ring (bicyclic) bond motifs is 1. The average Bonchev–Trinajstić information content (AvgIpc) is 2.90. The molecule has 102 valence electrons. The number of carbonyl (C=O) groups excluding carboxylic acids is 1. The van der Waals surface area contributed by atoms with E-state index in [0.29, 0.717) is 25.9 Å². The number of carbonyl (C=O) groups is 1. The fourth-order valence-electron chi connectivity index (χ4n) is 1.82. The van der Waals surface area contributed by atoms with E-state index in [9.17, 15) is 9.59 Å². The van der Waals surface area contributed by atoms with Gasteiger partial charge in [-0.15, -0.1) is 11.3 Å². The van der Waals surface area contributed by atoms with Crippen molar-refractivity contribution in [1.82, 2.24) is 9.97 Å². The van der Waals surface area contributed by atoms with E-state index in [1.807, 2.05) is 0 Å². The van der Waals surface area contributed by atoms with Gasteiger partial charge in [-0.25, -0.2) is 4.79 Å². The predicted molar refractivity (Wildman–Crippen MR) is 89.8 cm³/mol. The van der Waals surface area contributed by atoms with E-state index in [-0.39, 0.29) is 11.5 Å². The lowest BCUT2D eigenvalue weighted by molar-refractivity contribution is 0.104. The van der Waals surface area contributed by atoms with Gasteiger partial charge in [0, 0.05) is 14.5 Å². The van der Waals surface area contributed by atoms with E-state index in [0.717, 1.165) is 8.26 Å². The molecule has 0 spiro atoms. The predicted octanol–water partition coefficient (Wildman–Crippen LogP) is 4.44. The second-order valence-corrected chi connectivity index (χ2v) is 8.10. The van der Waals surface area contributed by atoms with Gasteiger partial charge in [-0.05, 0) is 66.0 Å². The van der Waals surface area contributed by atoms with Crippen molar-refractivity contribution in [2.45, 2.75) is 0 Å². The summed E-state index contributed by atoms with van der Waals surface area (Å²) < 4.78 is 2.36. The summed E-state index contributed by atoms with van der Waals surface area (Å²) in [7, 11) is 0. The van der Waals surface area contributed by atoms with E-state index >= 15 is 0 Å². The van der Waals surface area contributed by atoms with Crippen molar-refractivity contribution in [3.63, 3.8) is 0 Å². The van der Waals surface area contributed by atoms with Crippen LogP contribution in [0, 0.1) is 0 Å². The Balaban J connectivity index is 2.15. The maximum Gasteiger partial charge on any atom is 0.323 e. The lowest BCUT2D eigenvalue weighted by Gasteiger charge is -2.02. The number of ketones is 1. The summed E-state index contributed by atoms with van der Waals surface area (Å²) in [6.07, 6.45) is 0. The first-order chi connectivity index (χ1) is 9.45. The third-order valence-corrected chi connectivity index (χ3v) is 6.63. The number of rotatable bonds is 2. The van der Waals surface area contributed by atoms with Gasteiger partial charge in [-0.1, -0.05) is 0 Å². The van der Waals surface area contributed by atoms with Gasteiger partial charge in [0.1, 0.15) is 0 Å². The molecule has 0 bridgehead atoms. The molecule has 0 unspecified atom stereocenters. The Labute approximate surface area is 142 Å². The minimum Gasteiger partial charge on any atom is -0.306 e. The molecule has 8 heteroatoms. The number of nitrogens with one attached hydrogen (secondary N) is 2. The second-order valence-electron chi connectivity index (χ2n) is 4.02. The monoisotopic (exact) mass is 478 g/mol. The van der Waals surface area contributed by atoms with Crippen molar-refractivity contribution in [2.24, 2.45) is 0 Å². The van der Waals surface area contributed by atoms with E-state index < -0.39 is 0 Å². The normalized spacial score (nSPS) is 11.2. The summed E-state index contributed by atoms with van der Waals surface area (Å²) >= 11 is 11.5. The van der Waals surface area contributed by atoms with Crippen molar-refractivity contribution in [1.29, 1.82) is 0 Å². The highest BCUT2D eigenvalue weighted by Gasteiger charge is 2.18. The molecule has 0 aliphatic carbocycles. The van der Waals surface area contributed by atoms with Gasteiger partial charge >= 0.3 is 5.69 Å². The fraction of sp³-hybridized carbons (Fsp3) is 0. The SMILES string of the molecule is O=C(c1cc(Br)c(Br)s1)c1cc2[nH]c(=O)[nH]c2cc1Br. The van der Waals surface area contributed by atoms with Crippen LogP contribution >= 0.6 is 59.1 Å². The quantitative estimate of drug-likeness (QED) is 0.533. The number of halogens is 3. The standard InChI is InChI=1S/C12H5Br3N2O2S/c13-5-2-8-7(16-12(19)17-8)1-4(5)10(18)9-3-6(14)11(15)20-9/h1-3H,(H2,16,17,19). The number of imidazole rings is 1. The molecule has 1 aromatic carbocycles. The molecule has 0 atom stereocenters. The van der Waals surface area contributed by atoms with Crippen LogP contribution in [0.2, 0.25) is 0 Å². The van der Waals surface area contributed by atoms with E-state index in [1.165, 1.54) is 11.3 Å². The van der Waals surface area contributed by atoms with Gasteiger partial charge in [0.2, 0.25) is 5.78 Å². The van der Waals surface area contributed by atoms with Crippen molar-refractivity contribution >= 4 is 75.9 Å². The molecule has 20 heavy (non-hydrogen) atoms. The highest BCUT2D eigenvalue weighted by Crippen LogP contribution is 2.34. The molecule has 3 aromatic rings. The number of aromatic amines is 2. The van der Waals surface area contributed by atoms with Gasteiger partial charge < -0.3 is 9.97 Å². The summed E-state index contributed by atoms with van der Waals surface area (Å²) in [5.41, 5.74) is 1.48. The maximum absolute atomic E-state index is 12.5. The van der Waals surface area contributed by atoms with Crippen LogP contribution in [-0.2, 0) is 0 Å². The van der Waals surface area contributed by atoms with Crippen molar-refractivity contribution in [3.8, 4) is 0 Å². The fourth-order valence-corrected chi connectivity index (χ4v) is 4.33. The summed E-state index contributed by atoms with van der Waals surface area (Å²) in [6, 6.07) is 5.16. The molecule has 0 saturated heterocycles. The van der Waals surface area contributed by atoms with Gasteiger partial charge in [0.05, 0.1) is 19.7 Å². The van der Waals surface area contributed by atoms with Gasteiger partial charge in [0.25, 0.3) is 0 Å². The number of benzene rings is 1. The number of H-pyrrole nitrogens is 2. The maximum atomic E-state index is 12.5. The van der Waals surface area contributed by atoms with Crippen LogP contribution in [0.4, 0.5) is 0 Å². The first kappa shape index (κ1) is 14.2. The van der Waals surface area contributed by atoms with Crippen molar-refractivity contribution in [3.05, 3.63) is 51.9 Å². The molecule has 4 nitrogen and oxygen atoms in total. The smallest absolute Gasteiger partial charge is 0.306 e. The molecule has 0 amide bonds. The largest absolute Gasteiger partial charge is 0.323 e. The number of hydrogen-bond acceptors (Lipinski definition) is 3. The zero-order valence-corrected chi connectivity index (χ0v) is 15.2. The summed E-state index contributed by atoms with van der Waals surface area (Å²) in [6.45, 7) is 0. The van der Waals surface area contributed by atoms with Crippen LogP contribution in [0.5, 0.6) is 0 Å². The Morgan fingerprint density at radius 2 is 1.65 bits per heavy atom. The molecule has 2 aromatic heterocycles. The van der Waals surface area contributed by atoms with E-state index in [1.54, 1.807) is 18.2 Å². The van der Waals surface area contributed by atoms with Gasteiger partial charge in [-0.2, -0.15) is 0 Å². The Morgan fingerprint density at radius 1 is 1.00 bits per heavy atom. The third-order valence-electron chi connectivity index (χ3n) is 2.72. The van der Waals surface area contributed by atoms with Gasteiger partial charge in [-0.3, -0.25) is 4.79 Å². The Kier molecular flexibility index (Phi) is 3.74. The zero-order valence-electron chi connectivity index (χ0n) is 9.59. The summed E-state index contributed by atoms with van der Waals surface area (Å²) in [5.74, 6) is -0.0998. The first-order valence-electron chi connectivity index (χ1n) is 5.37. The van der Waals surface area contributed by atoms with Crippen molar-refractivity contribution in [2.75, 3.05) is 0 Å². The molecule has 2 N–H and O–H groups in total. The van der Waals surface area contributed by atoms with Crippen LogP contribution in [0.15, 0.2) is 35.7 Å². The van der Waals surface area contributed by atoms with Crippen molar-refractivity contribution < 1.29 is 4.79 Å². The highest BCUT2D eigenvalue weighted by molar-refractivity contribution is 9.13. The number of aromatic nitrogens is 2. The highest BCUT2D eigenvalue weighted by atomic mass is 79.9. The molecular weight excluding hydrogens is 476 g/mol. The topological polar surface area (TPSA) is 65.7 Å². The lowest BCUT2D eigenvalue weighted by atomic mass is 10.1. The Bertz CT molecular complexity index is 874. The van der Waals surface area contributed by atoms with Crippen LogP contribution < -0.4 is 5.69 Å². The zero-order chi connectivity index (χ0) is 14.4. The molecule has 0 saturated carbocycles. The third kappa shape index (κ3) is 2.45. The van der Waals surface area contributed by atoms with E-state index in [4.69, 9.17) is 0 Å². The lowest BCUT2D eigenvalue weighted by Crippen LogP contribution is -2.00. The van der Waals surface area contributed by atoms with Crippen LogP contribution in [0.3, 0.4) is 0 Å². The Hall–Kier alpha value is -0.700. The Morgan fingerprint density at radius 3 is 2.25 bits per heavy atom. The number of hydrogen-bond donors (Lipinski definition) is 2. The minimum absolute atomic E-state index is 0.0998. The minimum atomic E-state index is -0.293. The summed E-state index contributed by atoms with van der Waals surface area (Å²) in [5, 5.41) is 0. The molecule has 0 aliphatic rings. The van der Waals surface area contributed by atoms with Crippen LogP contribution in [0.1, 0.15) is 15.2 Å². The number of thiophene rings is 1. The molecule has 3 rings (SSSR count).